The largest absolute Gasteiger partial charge is 0.493 e. The Morgan fingerprint density at radius 3 is 2.59 bits per heavy atom. The van der Waals surface area contributed by atoms with Gasteiger partial charge in [0, 0.05) is 25.6 Å². The molecule has 8 heteroatoms. The minimum atomic E-state index is -0.184. The predicted octanol–water partition coefficient (Wildman–Crippen LogP) is 1.77. The topological polar surface area (TPSA) is 103 Å². The fraction of sp³-hybridized carbons (Fsp3) is 0.579. The summed E-state index contributed by atoms with van der Waals surface area (Å²) in [6, 6.07) is 5.53. The van der Waals surface area contributed by atoms with Crippen LogP contribution in [-0.4, -0.2) is 38.1 Å². The van der Waals surface area contributed by atoms with Crippen molar-refractivity contribution in [3.8, 4) is 11.5 Å². The van der Waals surface area contributed by atoms with Crippen LogP contribution >= 0.6 is 12.4 Å². The Kier molecular flexibility index (Phi) is 9.96. The maximum Gasteiger partial charge on any atom is 0.257 e. The molecule has 0 spiro atoms. The molecule has 1 aliphatic carbocycles. The van der Waals surface area contributed by atoms with Gasteiger partial charge in [-0.2, -0.15) is 0 Å². The first-order valence-electron chi connectivity index (χ1n) is 9.12. The zero-order valence-corrected chi connectivity index (χ0v) is 16.8. The minimum Gasteiger partial charge on any atom is -0.493 e. The number of hydrogen-bond donors (Lipinski definition) is 3. The molecule has 27 heavy (non-hydrogen) atoms. The summed E-state index contributed by atoms with van der Waals surface area (Å²) in [4.78, 5) is 23.6. The van der Waals surface area contributed by atoms with Crippen molar-refractivity contribution in [1.82, 2.24) is 10.6 Å². The van der Waals surface area contributed by atoms with Crippen LogP contribution in [0.5, 0.6) is 11.5 Å². The lowest BCUT2D eigenvalue weighted by Crippen LogP contribution is -2.31. The second-order valence-corrected chi connectivity index (χ2v) is 6.56. The zero-order valence-electron chi connectivity index (χ0n) is 16.0. The van der Waals surface area contributed by atoms with Crippen LogP contribution in [0.2, 0.25) is 0 Å². The lowest BCUT2D eigenvalue weighted by Gasteiger charge is -2.15. The van der Waals surface area contributed by atoms with Crippen molar-refractivity contribution < 1.29 is 19.1 Å². The number of methoxy groups -OCH3 is 1. The minimum absolute atomic E-state index is 0. The van der Waals surface area contributed by atoms with E-state index in [-0.39, 0.29) is 42.8 Å². The Morgan fingerprint density at radius 2 is 1.96 bits per heavy atom. The molecule has 0 radical (unpaired) electrons. The van der Waals surface area contributed by atoms with Gasteiger partial charge in [0.15, 0.2) is 18.1 Å². The van der Waals surface area contributed by atoms with Crippen LogP contribution in [0.25, 0.3) is 0 Å². The van der Waals surface area contributed by atoms with Crippen molar-refractivity contribution in [2.24, 2.45) is 11.7 Å². The number of benzene rings is 1. The Balaban J connectivity index is 0.00000364. The number of ether oxygens (including phenoxy) is 2. The Bertz CT molecular complexity index is 627. The van der Waals surface area contributed by atoms with Crippen LogP contribution in [-0.2, 0) is 16.1 Å². The van der Waals surface area contributed by atoms with E-state index in [0.29, 0.717) is 31.0 Å². The van der Waals surface area contributed by atoms with Gasteiger partial charge < -0.3 is 25.8 Å². The summed E-state index contributed by atoms with van der Waals surface area (Å²) in [6.07, 6.45) is 3.62. The number of rotatable bonds is 9. The highest BCUT2D eigenvalue weighted by atomic mass is 35.5. The molecule has 0 aromatic heterocycles. The van der Waals surface area contributed by atoms with Crippen LogP contribution in [0.3, 0.4) is 0 Å². The quantitative estimate of drug-likeness (QED) is 0.587. The first kappa shape index (κ1) is 23.0. The molecule has 2 rings (SSSR count). The van der Waals surface area contributed by atoms with E-state index in [1.54, 1.807) is 12.1 Å². The number of amides is 2. The molecule has 0 aliphatic heterocycles. The van der Waals surface area contributed by atoms with E-state index in [0.717, 1.165) is 24.8 Å². The third kappa shape index (κ3) is 7.27. The fourth-order valence-corrected chi connectivity index (χ4v) is 3.16. The first-order valence-corrected chi connectivity index (χ1v) is 9.12. The molecule has 7 nitrogen and oxygen atoms in total. The van der Waals surface area contributed by atoms with Gasteiger partial charge in [0.05, 0.1) is 7.11 Å². The Hall–Kier alpha value is -1.99. The van der Waals surface area contributed by atoms with Crippen molar-refractivity contribution >= 4 is 24.2 Å². The normalized spacial score (nSPS) is 18.3. The average molecular weight is 400 g/mol. The molecule has 1 aliphatic rings. The molecule has 2 amide bonds. The van der Waals surface area contributed by atoms with Crippen molar-refractivity contribution in [3.05, 3.63) is 23.8 Å². The summed E-state index contributed by atoms with van der Waals surface area (Å²) < 4.78 is 10.8. The van der Waals surface area contributed by atoms with Gasteiger partial charge in [-0.3, -0.25) is 9.59 Å². The van der Waals surface area contributed by atoms with Gasteiger partial charge in [-0.15, -0.1) is 12.4 Å². The molecule has 1 fully saturated rings. The van der Waals surface area contributed by atoms with E-state index in [1.165, 1.54) is 7.11 Å². The fourth-order valence-electron chi connectivity index (χ4n) is 3.16. The van der Waals surface area contributed by atoms with Gasteiger partial charge in [-0.1, -0.05) is 12.5 Å². The van der Waals surface area contributed by atoms with E-state index >= 15 is 0 Å². The van der Waals surface area contributed by atoms with Gasteiger partial charge in [-0.05, 0) is 43.4 Å². The highest BCUT2D eigenvalue weighted by molar-refractivity contribution is 5.85. The number of hydrogen-bond acceptors (Lipinski definition) is 5. The molecule has 1 aromatic carbocycles. The molecule has 0 bridgehead atoms. The van der Waals surface area contributed by atoms with Gasteiger partial charge in [0.1, 0.15) is 0 Å². The first-order chi connectivity index (χ1) is 12.5. The second-order valence-electron chi connectivity index (χ2n) is 6.56. The SMILES string of the molecule is CCNC(=O)COc1ccc(CNC(=O)C[C@@H]2CCC[C@H]2N)cc1OC.Cl. The number of nitrogens with one attached hydrogen (secondary N) is 2. The van der Waals surface area contributed by atoms with Gasteiger partial charge >= 0.3 is 0 Å². The summed E-state index contributed by atoms with van der Waals surface area (Å²) in [7, 11) is 1.54. The smallest absolute Gasteiger partial charge is 0.257 e. The van der Waals surface area contributed by atoms with Crippen LogP contribution in [0.1, 0.15) is 38.2 Å². The number of carbonyl (C=O) groups is 2. The van der Waals surface area contributed by atoms with E-state index < -0.39 is 0 Å². The summed E-state index contributed by atoms with van der Waals surface area (Å²) >= 11 is 0. The maximum atomic E-state index is 12.1. The average Bonchev–Trinajstić information content (AvgIpc) is 3.03. The maximum absolute atomic E-state index is 12.1. The van der Waals surface area contributed by atoms with Crippen LogP contribution < -0.4 is 25.8 Å². The third-order valence-corrected chi connectivity index (χ3v) is 4.62. The summed E-state index contributed by atoms with van der Waals surface area (Å²) in [5.74, 6) is 1.14. The van der Waals surface area contributed by atoms with Crippen LogP contribution in [0.15, 0.2) is 18.2 Å². The number of carbonyl (C=O) groups excluding carboxylic acids is 2. The Labute approximate surface area is 166 Å². The monoisotopic (exact) mass is 399 g/mol. The summed E-state index contributed by atoms with van der Waals surface area (Å²) in [6.45, 7) is 2.75. The molecule has 2 atom stereocenters. The molecular weight excluding hydrogens is 370 g/mol. The van der Waals surface area contributed by atoms with Crippen molar-refractivity contribution in [1.29, 1.82) is 0 Å². The van der Waals surface area contributed by atoms with E-state index in [2.05, 4.69) is 10.6 Å². The standard InChI is InChI=1S/C19H29N3O4.ClH/c1-3-21-19(24)12-26-16-8-7-13(9-17(16)25-2)11-22-18(23)10-14-5-4-6-15(14)20;/h7-9,14-15H,3-6,10-12,20H2,1-2H3,(H,21,24)(H,22,23);1H/t14-,15+;/m0./s1. The van der Waals surface area contributed by atoms with Crippen molar-refractivity contribution in [2.45, 2.75) is 45.2 Å². The molecular formula is C19H30ClN3O4. The molecule has 0 unspecified atom stereocenters. The predicted molar refractivity (Wildman–Crippen MR) is 106 cm³/mol. The van der Waals surface area contributed by atoms with Crippen LogP contribution in [0.4, 0.5) is 0 Å². The van der Waals surface area contributed by atoms with Gasteiger partial charge in [-0.25, -0.2) is 0 Å². The number of likely N-dealkylation sites (N-methyl/N-ethyl adjacent to an activating group) is 1. The third-order valence-electron chi connectivity index (χ3n) is 4.62. The molecule has 0 saturated heterocycles. The molecule has 4 N–H and O–H groups in total. The number of halogens is 1. The van der Waals surface area contributed by atoms with E-state index in [4.69, 9.17) is 15.2 Å². The van der Waals surface area contributed by atoms with Gasteiger partial charge in [0.2, 0.25) is 5.91 Å². The number of nitrogens with two attached hydrogens (primary N) is 1. The zero-order chi connectivity index (χ0) is 18.9. The van der Waals surface area contributed by atoms with Crippen molar-refractivity contribution in [2.75, 3.05) is 20.3 Å². The highest BCUT2D eigenvalue weighted by Crippen LogP contribution is 2.28. The van der Waals surface area contributed by atoms with E-state index in [9.17, 15) is 9.59 Å². The summed E-state index contributed by atoms with van der Waals surface area (Å²) in [5.41, 5.74) is 6.92. The van der Waals surface area contributed by atoms with Crippen LogP contribution in [0, 0.1) is 5.92 Å². The van der Waals surface area contributed by atoms with Crippen molar-refractivity contribution in [3.63, 3.8) is 0 Å². The lowest BCUT2D eigenvalue weighted by atomic mass is 10.00. The highest BCUT2D eigenvalue weighted by Gasteiger charge is 2.25. The molecule has 152 valence electrons. The van der Waals surface area contributed by atoms with E-state index in [1.807, 2.05) is 13.0 Å². The molecule has 1 saturated carbocycles. The molecule has 1 aromatic rings. The van der Waals surface area contributed by atoms with Gasteiger partial charge in [0.25, 0.3) is 5.91 Å². The second kappa shape index (κ2) is 11.7. The molecule has 0 heterocycles. The summed E-state index contributed by atoms with van der Waals surface area (Å²) in [5, 5.41) is 5.60. The lowest BCUT2D eigenvalue weighted by molar-refractivity contribution is -0.123. The Morgan fingerprint density at radius 1 is 1.19 bits per heavy atom.